The van der Waals surface area contributed by atoms with Crippen molar-refractivity contribution in [1.82, 2.24) is 5.32 Å². The van der Waals surface area contributed by atoms with Crippen LogP contribution in [0.5, 0.6) is 0 Å². The molecule has 2 unspecified atom stereocenters. The molecule has 0 radical (unpaired) electrons. The van der Waals surface area contributed by atoms with Crippen LogP contribution in [0.2, 0.25) is 0 Å². The lowest BCUT2D eigenvalue weighted by atomic mass is 10.0. The predicted octanol–water partition coefficient (Wildman–Crippen LogP) is 17.9. The van der Waals surface area contributed by atoms with Crippen LogP contribution >= 0.6 is 0 Å². The highest BCUT2D eigenvalue weighted by atomic mass is 16.5. The van der Waals surface area contributed by atoms with Gasteiger partial charge in [0.25, 0.3) is 0 Å². The van der Waals surface area contributed by atoms with Crippen molar-refractivity contribution in [2.75, 3.05) is 13.2 Å². The van der Waals surface area contributed by atoms with Crippen molar-refractivity contribution in [2.45, 2.75) is 328 Å². The zero-order chi connectivity index (χ0) is 47.2. The van der Waals surface area contributed by atoms with Gasteiger partial charge in [0.2, 0.25) is 5.91 Å². The highest BCUT2D eigenvalue weighted by molar-refractivity contribution is 5.76. The van der Waals surface area contributed by atoms with Gasteiger partial charge in [-0.25, -0.2) is 0 Å². The molecule has 0 rings (SSSR count). The second-order valence-electron chi connectivity index (χ2n) is 20.0. The molecule has 3 N–H and O–H groups in total. The minimum atomic E-state index is -0.662. The van der Waals surface area contributed by atoms with Crippen molar-refractivity contribution in [1.29, 1.82) is 0 Å². The van der Waals surface area contributed by atoms with Gasteiger partial charge in [0.1, 0.15) is 0 Å². The van der Waals surface area contributed by atoms with E-state index in [1.54, 1.807) is 0 Å². The van der Waals surface area contributed by atoms with Crippen molar-refractivity contribution in [3.63, 3.8) is 0 Å². The van der Waals surface area contributed by atoms with Gasteiger partial charge < -0.3 is 20.3 Å². The molecule has 0 aromatic carbocycles. The number of allylic oxidation sites excluding steroid dienone is 4. The van der Waals surface area contributed by atoms with E-state index in [-0.39, 0.29) is 18.5 Å². The van der Waals surface area contributed by atoms with Gasteiger partial charge in [0, 0.05) is 12.8 Å². The summed E-state index contributed by atoms with van der Waals surface area (Å²) in [4.78, 5) is 24.4. The Morgan fingerprint density at radius 3 is 1.14 bits per heavy atom. The summed E-state index contributed by atoms with van der Waals surface area (Å²) in [6.07, 6.45) is 66.2. The van der Waals surface area contributed by atoms with Crippen molar-refractivity contribution in [3.05, 3.63) is 24.3 Å². The van der Waals surface area contributed by atoms with Crippen molar-refractivity contribution >= 4 is 11.9 Å². The highest BCUT2D eigenvalue weighted by Crippen LogP contribution is 2.17. The Hall–Kier alpha value is -1.66. The molecule has 0 fully saturated rings. The molecule has 0 aliphatic carbocycles. The van der Waals surface area contributed by atoms with E-state index in [2.05, 4.69) is 43.5 Å². The van der Waals surface area contributed by atoms with E-state index in [4.69, 9.17) is 4.74 Å². The number of carbonyl (C=O) groups is 2. The summed E-state index contributed by atoms with van der Waals surface area (Å²) in [7, 11) is 0. The third kappa shape index (κ3) is 51.6. The number of amides is 1. The van der Waals surface area contributed by atoms with E-state index < -0.39 is 12.1 Å². The minimum Gasteiger partial charge on any atom is -0.466 e. The van der Waals surface area contributed by atoms with Crippen LogP contribution in [-0.2, 0) is 14.3 Å². The summed E-state index contributed by atoms with van der Waals surface area (Å²) in [6, 6.07) is -0.540. The summed E-state index contributed by atoms with van der Waals surface area (Å²) in [6.45, 7) is 4.91. The summed E-state index contributed by atoms with van der Waals surface area (Å²) in [5.41, 5.74) is 0. The van der Waals surface area contributed by atoms with Gasteiger partial charge in [0.05, 0.1) is 25.4 Å². The maximum atomic E-state index is 12.4. The van der Waals surface area contributed by atoms with E-state index in [9.17, 15) is 19.8 Å². The molecule has 0 heterocycles. The molecule has 1 amide bonds. The molecule has 0 bridgehead atoms. The first-order valence-electron chi connectivity index (χ1n) is 29.1. The molecule has 65 heavy (non-hydrogen) atoms. The molecule has 6 heteroatoms. The van der Waals surface area contributed by atoms with Crippen LogP contribution in [0, 0.1) is 0 Å². The van der Waals surface area contributed by atoms with Gasteiger partial charge in [0.15, 0.2) is 0 Å². The van der Waals surface area contributed by atoms with E-state index in [0.29, 0.717) is 25.9 Å². The molecule has 6 nitrogen and oxygen atoms in total. The predicted molar refractivity (Wildman–Crippen MR) is 283 cm³/mol. The number of hydrogen-bond donors (Lipinski definition) is 3. The average molecular weight is 917 g/mol. The zero-order valence-corrected chi connectivity index (χ0v) is 43.7. The third-order valence-electron chi connectivity index (χ3n) is 13.5. The van der Waals surface area contributed by atoms with Crippen LogP contribution in [0.4, 0.5) is 0 Å². The number of esters is 1. The first-order valence-corrected chi connectivity index (χ1v) is 29.1. The number of rotatable bonds is 54. The third-order valence-corrected chi connectivity index (χ3v) is 13.5. The van der Waals surface area contributed by atoms with Gasteiger partial charge >= 0.3 is 5.97 Å². The number of carbonyl (C=O) groups excluding carboxylic acids is 2. The Labute approximate surface area is 405 Å². The van der Waals surface area contributed by atoms with Crippen LogP contribution in [-0.4, -0.2) is 47.4 Å². The summed E-state index contributed by atoms with van der Waals surface area (Å²) in [5.74, 6) is -0.0331. The van der Waals surface area contributed by atoms with Gasteiger partial charge in [-0.05, 0) is 70.6 Å². The molecule has 0 aliphatic rings. The molecule has 0 saturated heterocycles. The monoisotopic (exact) mass is 916 g/mol. The van der Waals surface area contributed by atoms with Gasteiger partial charge in [-0.3, -0.25) is 9.59 Å². The van der Waals surface area contributed by atoms with Crippen LogP contribution in [0.25, 0.3) is 0 Å². The van der Waals surface area contributed by atoms with Crippen molar-refractivity contribution in [2.24, 2.45) is 0 Å². The molecular formula is C59H113NO5. The molecule has 0 aliphatic heterocycles. The topological polar surface area (TPSA) is 95.9 Å². The van der Waals surface area contributed by atoms with E-state index in [1.165, 1.54) is 238 Å². The van der Waals surface area contributed by atoms with Crippen LogP contribution in [0.1, 0.15) is 316 Å². The molecule has 0 spiro atoms. The lowest BCUT2D eigenvalue weighted by molar-refractivity contribution is -0.143. The Kier molecular flexibility index (Phi) is 53.5. The Morgan fingerprint density at radius 2 is 0.738 bits per heavy atom. The Morgan fingerprint density at radius 1 is 0.415 bits per heavy atom. The fourth-order valence-electron chi connectivity index (χ4n) is 8.97. The smallest absolute Gasteiger partial charge is 0.305 e. The Bertz CT molecular complexity index is 1010. The lowest BCUT2D eigenvalue weighted by Crippen LogP contribution is -2.45. The molecule has 2 atom stereocenters. The number of aliphatic hydroxyl groups excluding tert-OH is 2. The van der Waals surface area contributed by atoms with E-state index in [0.717, 1.165) is 44.9 Å². The maximum Gasteiger partial charge on any atom is 0.305 e. The fourth-order valence-corrected chi connectivity index (χ4v) is 8.97. The summed E-state index contributed by atoms with van der Waals surface area (Å²) in [5, 5.41) is 23.1. The van der Waals surface area contributed by atoms with Gasteiger partial charge in [-0.15, -0.1) is 0 Å². The second-order valence-corrected chi connectivity index (χ2v) is 20.0. The van der Waals surface area contributed by atoms with Crippen molar-refractivity contribution in [3.8, 4) is 0 Å². The van der Waals surface area contributed by atoms with E-state index >= 15 is 0 Å². The average Bonchev–Trinajstić information content (AvgIpc) is 3.31. The van der Waals surface area contributed by atoms with Crippen LogP contribution in [0.3, 0.4) is 0 Å². The molecule has 0 aromatic rings. The fraction of sp³-hybridized carbons (Fsp3) is 0.898. The quantitative estimate of drug-likeness (QED) is 0.0321. The molecule has 0 aromatic heterocycles. The first-order chi connectivity index (χ1) is 32.0. The first kappa shape index (κ1) is 63.3. The maximum absolute atomic E-state index is 12.4. The zero-order valence-electron chi connectivity index (χ0n) is 43.7. The van der Waals surface area contributed by atoms with Gasteiger partial charge in [-0.2, -0.15) is 0 Å². The Balaban J connectivity index is 3.36. The number of ether oxygens (including phenoxy) is 1. The van der Waals surface area contributed by atoms with Gasteiger partial charge in [-0.1, -0.05) is 256 Å². The molecule has 384 valence electrons. The highest BCUT2D eigenvalue weighted by Gasteiger charge is 2.20. The van der Waals surface area contributed by atoms with Crippen molar-refractivity contribution < 1.29 is 24.5 Å². The lowest BCUT2D eigenvalue weighted by Gasteiger charge is -2.22. The normalized spacial score (nSPS) is 12.7. The minimum absolute atomic E-state index is 0.00384. The second kappa shape index (κ2) is 54.9. The van der Waals surface area contributed by atoms with Crippen LogP contribution < -0.4 is 5.32 Å². The number of aliphatic hydroxyl groups is 2. The standard InChI is InChI=1S/C59H113NO5/c1-3-5-7-9-11-13-32-37-41-45-49-53-59(64)65-54-50-46-42-38-34-31-29-27-25-23-21-19-17-15-16-18-20-22-24-26-28-30-33-36-40-44-48-52-58(63)60-56(55-61)57(62)51-47-43-39-35-14-12-10-8-6-4-2/h9,11,15-16,56-57,61-62H,3-8,10,12-14,17-55H2,1-2H3,(H,60,63)/b11-9-,16-15-. The summed E-state index contributed by atoms with van der Waals surface area (Å²) < 4.78 is 5.46. The van der Waals surface area contributed by atoms with E-state index in [1.807, 2.05) is 0 Å². The molecular weight excluding hydrogens is 803 g/mol. The number of nitrogens with one attached hydrogen (secondary N) is 1. The SMILES string of the molecule is CCCC/C=C\CCCCCCCC(=O)OCCCCCCCCCCCCCC/C=C\CCCCCCCCCCCCCC(=O)NC(CO)C(O)CCCCCCCCCCCC. The largest absolute Gasteiger partial charge is 0.466 e. The molecule has 0 saturated carbocycles. The summed E-state index contributed by atoms with van der Waals surface area (Å²) >= 11 is 0. The number of unbranched alkanes of at least 4 members (excludes halogenated alkanes) is 39. The van der Waals surface area contributed by atoms with Crippen LogP contribution in [0.15, 0.2) is 24.3 Å². The number of hydrogen-bond acceptors (Lipinski definition) is 5.